The highest BCUT2D eigenvalue weighted by molar-refractivity contribution is 7.88. The lowest BCUT2D eigenvalue weighted by molar-refractivity contribution is -0.138. The zero-order valence-electron chi connectivity index (χ0n) is 12.4. The van der Waals surface area contributed by atoms with E-state index in [1.165, 1.54) is 0 Å². The van der Waals surface area contributed by atoms with Gasteiger partial charge in [-0.3, -0.25) is 9.59 Å². The molecule has 0 aromatic carbocycles. The number of rotatable bonds is 8. The number of hydrogen-bond acceptors (Lipinski definition) is 4. The molecular formula is C13H24N2O5S. The Kier molecular flexibility index (Phi) is 7.10. The molecule has 7 nitrogen and oxygen atoms in total. The summed E-state index contributed by atoms with van der Waals surface area (Å²) >= 11 is 0. The molecule has 0 aliphatic carbocycles. The van der Waals surface area contributed by atoms with Gasteiger partial charge in [0, 0.05) is 32.5 Å². The number of likely N-dealkylation sites (tertiary alicyclic amines) is 1. The third-order valence-corrected chi connectivity index (χ3v) is 4.23. The van der Waals surface area contributed by atoms with Crippen molar-refractivity contribution in [2.75, 3.05) is 25.9 Å². The first-order valence-corrected chi connectivity index (χ1v) is 9.11. The molecule has 1 heterocycles. The van der Waals surface area contributed by atoms with Crippen LogP contribution in [-0.2, 0) is 19.6 Å². The first-order chi connectivity index (χ1) is 9.78. The van der Waals surface area contributed by atoms with Gasteiger partial charge >= 0.3 is 5.97 Å². The van der Waals surface area contributed by atoms with Crippen LogP contribution in [0.1, 0.15) is 38.5 Å². The fourth-order valence-electron chi connectivity index (χ4n) is 2.44. The van der Waals surface area contributed by atoms with Crippen molar-refractivity contribution in [2.24, 2.45) is 5.92 Å². The van der Waals surface area contributed by atoms with Gasteiger partial charge in [-0.1, -0.05) is 0 Å². The van der Waals surface area contributed by atoms with Crippen LogP contribution in [0.15, 0.2) is 0 Å². The lowest BCUT2D eigenvalue weighted by atomic mass is 9.98. The molecule has 1 aliphatic rings. The molecule has 1 atom stereocenters. The van der Waals surface area contributed by atoms with Crippen molar-refractivity contribution < 1.29 is 23.1 Å². The minimum absolute atomic E-state index is 0.0319. The fourth-order valence-corrected chi connectivity index (χ4v) is 2.98. The summed E-state index contributed by atoms with van der Waals surface area (Å²) < 4.78 is 24.6. The molecule has 1 rings (SSSR count). The van der Waals surface area contributed by atoms with Gasteiger partial charge in [-0.2, -0.15) is 0 Å². The lowest BCUT2D eigenvalue weighted by Crippen LogP contribution is -2.43. The van der Waals surface area contributed by atoms with Gasteiger partial charge in [0.05, 0.1) is 6.26 Å². The summed E-state index contributed by atoms with van der Waals surface area (Å²) in [5, 5.41) is 8.54. The molecule has 2 N–H and O–H groups in total. The predicted octanol–water partition coefficient (Wildman–Crippen LogP) is 0.419. The largest absolute Gasteiger partial charge is 0.481 e. The van der Waals surface area contributed by atoms with E-state index in [1.54, 1.807) is 4.90 Å². The van der Waals surface area contributed by atoms with Crippen LogP contribution in [0.4, 0.5) is 0 Å². The number of carboxylic acid groups (broad SMARTS) is 1. The number of amides is 1. The highest BCUT2D eigenvalue weighted by Gasteiger charge is 2.23. The van der Waals surface area contributed by atoms with Gasteiger partial charge in [-0.15, -0.1) is 0 Å². The van der Waals surface area contributed by atoms with Crippen LogP contribution in [0.3, 0.4) is 0 Å². The highest BCUT2D eigenvalue weighted by atomic mass is 32.2. The highest BCUT2D eigenvalue weighted by Crippen LogP contribution is 2.17. The molecule has 1 aliphatic heterocycles. The van der Waals surface area contributed by atoms with E-state index in [1.807, 2.05) is 0 Å². The maximum absolute atomic E-state index is 12.0. The summed E-state index contributed by atoms with van der Waals surface area (Å²) in [6.45, 7) is 1.63. The lowest BCUT2D eigenvalue weighted by Gasteiger charge is -2.32. The van der Waals surface area contributed by atoms with Gasteiger partial charge in [-0.05, 0) is 31.6 Å². The second kappa shape index (κ2) is 8.33. The molecule has 0 spiro atoms. The first-order valence-electron chi connectivity index (χ1n) is 7.22. The third kappa shape index (κ3) is 8.01. The van der Waals surface area contributed by atoms with Crippen molar-refractivity contribution in [1.29, 1.82) is 0 Å². The molecule has 0 aromatic heterocycles. The summed E-state index contributed by atoms with van der Waals surface area (Å²) in [7, 11) is -3.20. The second-order valence-electron chi connectivity index (χ2n) is 5.57. The van der Waals surface area contributed by atoms with Gasteiger partial charge in [0.2, 0.25) is 15.9 Å². The monoisotopic (exact) mass is 320 g/mol. The van der Waals surface area contributed by atoms with Crippen LogP contribution in [-0.4, -0.2) is 56.2 Å². The van der Waals surface area contributed by atoms with Crippen molar-refractivity contribution in [3.63, 3.8) is 0 Å². The van der Waals surface area contributed by atoms with Crippen LogP contribution in [0.25, 0.3) is 0 Å². The minimum Gasteiger partial charge on any atom is -0.481 e. The molecular weight excluding hydrogens is 296 g/mol. The van der Waals surface area contributed by atoms with Gasteiger partial charge in [-0.25, -0.2) is 13.1 Å². The number of hydrogen-bond donors (Lipinski definition) is 2. The Hall–Kier alpha value is -1.15. The molecule has 122 valence electrons. The number of sulfonamides is 1. The number of piperidine rings is 1. The van der Waals surface area contributed by atoms with Crippen molar-refractivity contribution in [3.8, 4) is 0 Å². The van der Waals surface area contributed by atoms with Gasteiger partial charge in [0.25, 0.3) is 0 Å². The van der Waals surface area contributed by atoms with Crippen molar-refractivity contribution >= 4 is 21.9 Å². The molecule has 0 radical (unpaired) electrons. The summed E-state index contributed by atoms with van der Waals surface area (Å²) in [5.74, 6) is -0.659. The summed E-state index contributed by atoms with van der Waals surface area (Å²) in [6, 6.07) is 0. The van der Waals surface area contributed by atoms with E-state index < -0.39 is 16.0 Å². The Morgan fingerprint density at radius 1 is 1.29 bits per heavy atom. The number of carbonyl (C=O) groups excluding carboxylic acids is 1. The van der Waals surface area contributed by atoms with Crippen LogP contribution in [0, 0.1) is 5.92 Å². The van der Waals surface area contributed by atoms with Gasteiger partial charge < -0.3 is 10.0 Å². The number of nitrogens with zero attached hydrogens (tertiary/aromatic N) is 1. The molecule has 1 fully saturated rings. The molecule has 0 saturated carbocycles. The molecule has 0 aromatic rings. The Morgan fingerprint density at radius 2 is 1.95 bits per heavy atom. The predicted molar refractivity (Wildman–Crippen MR) is 78.3 cm³/mol. The Morgan fingerprint density at radius 3 is 2.57 bits per heavy atom. The van der Waals surface area contributed by atoms with Crippen LogP contribution >= 0.6 is 0 Å². The van der Waals surface area contributed by atoms with E-state index >= 15 is 0 Å². The number of unbranched alkanes of at least 4 members (excludes halogenated alkanes) is 1. The van der Waals surface area contributed by atoms with Crippen molar-refractivity contribution in [2.45, 2.75) is 38.5 Å². The summed E-state index contributed by atoms with van der Waals surface area (Å²) in [4.78, 5) is 24.2. The molecule has 1 saturated heterocycles. The van der Waals surface area contributed by atoms with Crippen molar-refractivity contribution in [1.82, 2.24) is 9.62 Å². The molecule has 8 heteroatoms. The standard InChI is InChI=1S/C13H24N2O5S/c1-21(19,20)14-9-11-5-4-8-15(10-11)12(16)6-2-3-7-13(17)18/h11,14H,2-10H2,1H3,(H,17,18). The summed E-state index contributed by atoms with van der Waals surface area (Å²) in [5.41, 5.74) is 0. The number of aliphatic carboxylic acids is 1. The van der Waals surface area contributed by atoms with Gasteiger partial charge in [0.1, 0.15) is 0 Å². The smallest absolute Gasteiger partial charge is 0.303 e. The Labute approximate surface area is 125 Å². The van der Waals surface area contributed by atoms with Crippen molar-refractivity contribution in [3.05, 3.63) is 0 Å². The Balaban J connectivity index is 2.30. The van der Waals surface area contributed by atoms with Crippen LogP contribution < -0.4 is 4.72 Å². The average Bonchev–Trinajstić information content (AvgIpc) is 2.40. The van der Waals surface area contributed by atoms with E-state index in [-0.39, 0.29) is 18.2 Å². The zero-order chi connectivity index (χ0) is 15.9. The van der Waals surface area contributed by atoms with E-state index in [0.717, 1.165) is 19.1 Å². The number of nitrogens with one attached hydrogen (secondary N) is 1. The maximum Gasteiger partial charge on any atom is 0.303 e. The van der Waals surface area contributed by atoms with Gasteiger partial charge in [0.15, 0.2) is 0 Å². The normalized spacial score (nSPS) is 19.5. The zero-order valence-corrected chi connectivity index (χ0v) is 13.2. The minimum atomic E-state index is -3.20. The average molecular weight is 320 g/mol. The van der Waals surface area contributed by atoms with E-state index in [0.29, 0.717) is 38.9 Å². The van der Waals surface area contributed by atoms with E-state index in [4.69, 9.17) is 5.11 Å². The summed E-state index contributed by atoms with van der Waals surface area (Å²) in [6.07, 6.45) is 4.44. The first kappa shape index (κ1) is 17.9. The SMILES string of the molecule is CS(=O)(=O)NCC1CCCN(C(=O)CCCCC(=O)O)C1. The molecule has 21 heavy (non-hydrogen) atoms. The molecule has 0 bridgehead atoms. The van der Waals surface area contributed by atoms with E-state index in [9.17, 15) is 18.0 Å². The van der Waals surface area contributed by atoms with Crippen LogP contribution in [0.2, 0.25) is 0 Å². The van der Waals surface area contributed by atoms with Crippen LogP contribution in [0.5, 0.6) is 0 Å². The van der Waals surface area contributed by atoms with E-state index in [2.05, 4.69) is 4.72 Å². The number of carbonyl (C=O) groups is 2. The maximum atomic E-state index is 12.0. The third-order valence-electron chi connectivity index (χ3n) is 3.54. The second-order valence-corrected chi connectivity index (χ2v) is 7.40. The molecule has 1 amide bonds. The quantitative estimate of drug-likeness (QED) is 0.631. The molecule has 1 unspecified atom stereocenters. The Bertz CT molecular complexity index is 463. The fraction of sp³-hybridized carbons (Fsp3) is 0.846. The topological polar surface area (TPSA) is 104 Å². The number of carboxylic acids is 1.